The molecule has 7 nitrogen and oxygen atoms in total. The summed E-state index contributed by atoms with van der Waals surface area (Å²) in [6.07, 6.45) is 0. The molecule has 4 aromatic carbocycles. The minimum absolute atomic E-state index is 0.0799. The third kappa shape index (κ3) is 5.00. The third-order valence-electron chi connectivity index (χ3n) is 5.61. The first-order chi connectivity index (χ1) is 17.2. The summed E-state index contributed by atoms with van der Waals surface area (Å²) >= 11 is 0. The average molecular weight is 478 g/mol. The zero-order chi connectivity index (χ0) is 25.8. The van der Waals surface area contributed by atoms with Crippen LogP contribution in [0.5, 0.6) is 0 Å². The van der Waals surface area contributed by atoms with Crippen molar-refractivity contribution in [2.45, 2.75) is 0 Å². The van der Waals surface area contributed by atoms with E-state index in [2.05, 4.69) is 0 Å². The molecule has 0 aromatic heterocycles. The van der Waals surface area contributed by atoms with E-state index in [9.17, 15) is 24.0 Å². The van der Waals surface area contributed by atoms with E-state index in [1.807, 2.05) is 0 Å². The summed E-state index contributed by atoms with van der Waals surface area (Å²) in [5.74, 6) is -3.05. The van der Waals surface area contributed by atoms with Crippen molar-refractivity contribution >= 4 is 29.3 Å². The Kier molecular flexibility index (Phi) is 6.65. The molecule has 36 heavy (non-hydrogen) atoms. The fraction of sp³-hybridized carbons (Fsp3) is 0. The van der Waals surface area contributed by atoms with Crippen LogP contribution in [-0.4, -0.2) is 39.5 Å². The van der Waals surface area contributed by atoms with Crippen molar-refractivity contribution in [3.05, 3.63) is 142 Å². The highest BCUT2D eigenvalue weighted by molar-refractivity contribution is 6.13. The van der Waals surface area contributed by atoms with E-state index in [0.29, 0.717) is 33.4 Å². The van der Waals surface area contributed by atoms with Crippen LogP contribution in [0.25, 0.3) is 0 Å². The first-order valence-electron chi connectivity index (χ1n) is 10.8. The lowest BCUT2D eigenvalue weighted by molar-refractivity contribution is 0.0686. The van der Waals surface area contributed by atoms with E-state index in [0.717, 1.165) is 0 Å². The molecule has 2 N–H and O–H groups in total. The number of carbonyl (C=O) groups excluding carboxylic acids is 3. The van der Waals surface area contributed by atoms with Crippen LogP contribution in [0.15, 0.2) is 97.1 Å². The summed E-state index contributed by atoms with van der Waals surface area (Å²) < 4.78 is 0. The van der Waals surface area contributed by atoms with Crippen LogP contribution in [0.3, 0.4) is 0 Å². The van der Waals surface area contributed by atoms with Crippen LogP contribution >= 0.6 is 0 Å². The van der Waals surface area contributed by atoms with Crippen LogP contribution in [0, 0.1) is 0 Å². The fourth-order valence-electron chi connectivity index (χ4n) is 3.57. The van der Waals surface area contributed by atoms with Gasteiger partial charge in [-0.1, -0.05) is 72.8 Å². The van der Waals surface area contributed by atoms with Crippen LogP contribution in [0.4, 0.5) is 0 Å². The maximum atomic E-state index is 12.9. The van der Waals surface area contributed by atoms with Crippen LogP contribution in [0.1, 0.15) is 68.5 Å². The summed E-state index contributed by atoms with van der Waals surface area (Å²) in [6, 6.07) is 23.4. The van der Waals surface area contributed by atoms with Gasteiger partial charge in [-0.05, 0) is 24.3 Å². The molecule has 0 saturated carbocycles. The van der Waals surface area contributed by atoms with Gasteiger partial charge in [-0.2, -0.15) is 0 Å². The number of benzene rings is 4. The molecule has 0 amide bonds. The van der Waals surface area contributed by atoms with Crippen molar-refractivity contribution in [3.63, 3.8) is 0 Å². The minimum Gasteiger partial charge on any atom is -0.478 e. The van der Waals surface area contributed by atoms with E-state index in [-0.39, 0.29) is 28.5 Å². The molecule has 0 saturated heterocycles. The van der Waals surface area contributed by atoms with Crippen molar-refractivity contribution in [3.8, 4) is 0 Å². The SMILES string of the molecule is O=C(O)c1ccc(C(=O)c2ccc(C(=O)c3ccc(C(=O)c4ccc(C(=O)O)cc4)cc3)cc2)cc1. The molecule has 0 fully saturated rings. The number of aromatic carboxylic acids is 2. The van der Waals surface area contributed by atoms with Crippen LogP contribution in [0.2, 0.25) is 0 Å². The lowest BCUT2D eigenvalue weighted by atomic mass is 9.96. The quantitative estimate of drug-likeness (QED) is 0.349. The number of carboxylic acids is 2. The Hall–Kier alpha value is -5.17. The molecule has 0 heterocycles. The lowest BCUT2D eigenvalue weighted by Gasteiger charge is -2.06. The smallest absolute Gasteiger partial charge is 0.335 e. The Morgan fingerprint density at radius 1 is 0.306 bits per heavy atom. The van der Waals surface area contributed by atoms with Gasteiger partial charge in [0.2, 0.25) is 0 Å². The molecule has 0 radical (unpaired) electrons. The lowest BCUT2D eigenvalue weighted by Crippen LogP contribution is -2.06. The molecule has 0 aliphatic carbocycles. The monoisotopic (exact) mass is 478 g/mol. The standard InChI is InChI=1S/C29H18O7/c30-25(17-1-5-19(6-2-17)26(31)21-9-13-23(14-10-21)28(33)34)18-3-7-20(8-4-18)27(32)22-11-15-24(16-12-22)29(35)36/h1-16H,(H,33,34)(H,35,36). The Morgan fingerprint density at radius 3 is 0.583 bits per heavy atom. The third-order valence-corrected chi connectivity index (χ3v) is 5.61. The zero-order valence-corrected chi connectivity index (χ0v) is 18.7. The van der Waals surface area contributed by atoms with Crippen molar-refractivity contribution in [2.24, 2.45) is 0 Å². The molecule has 4 rings (SSSR count). The van der Waals surface area contributed by atoms with Crippen molar-refractivity contribution in [1.29, 1.82) is 0 Å². The van der Waals surface area contributed by atoms with E-state index in [1.54, 1.807) is 0 Å². The minimum atomic E-state index is -1.08. The summed E-state index contributed by atoms with van der Waals surface area (Å²) in [5, 5.41) is 18.0. The van der Waals surface area contributed by atoms with E-state index < -0.39 is 11.9 Å². The Labute approximate surface area is 205 Å². The second-order valence-electron chi connectivity index (χ2n) is 7.91. The molecular weight excluding hydrogens is 460 g/mol. The van der Waals surface area contributed by atoms with Crippen molar-refractivity contribution in [2.75, 3.05) is 0 Å². The predicted molar refractivity (Wildman–Crippen MR) is 130 cm³/mol. The molecule has 0 bridgehead atoms. The number of carboxylic acid groups (broad SMARTS) is 2. The van der Waals surface area contributed by atoms with Crippen molar-refractivity contribution < 1.29 is 34.2 Å². The van der Waals surface area contributed by atoms with Gasteiger partial charge in [0.1, 0.15) is 0 Å². The highest BCUT2D eigenvalue weighted by Gasteiger charge is 2.15. The Bertz CT molecular complexity index is 1360. The molecule has 7 heteroatoms. The van der Waals surface area contributed by atoms with E-state index >= 15 is 0 Å². The predicted octanol–water partition coefficient (Wildman–Crippen LogP) is 4.78. The summed E-state index contributed by atoms with van der Waals surface area (Å²) in [4.78, 5) is 60.1. The number of hydrogen-bond donors (Lipinski definition) is 2. The second-order valence-corrected chi connectivity index (χ2v) is 7.91. The largest absolute Gasteiger partial charge is 0.478 e. The number of carbonyl (C=O) groups is 5. The van der Waals surface area contributed by atoms with Gasteiger partial charge < -0.3 is 10.2 Å². The number of rotatable bonds is 8. The van der Waals surface area contributed by atoms with Gasteiger partial charge in [-0.15, -0.1) is 0 Å². The van der Waals surface area contributed by atoms with Gasteiger partial charge in [0.15, 0.2) is 17.3 Å². The second kappa shape index (κ2) is 9.99. The molecule has 0 atom stereocenters. The maximum absolute atomic E-state index is 12.9. The van der Waals surface area contributed by atoms with Gasteiger partial charge in [-0.3, -0.25) is 14.4 Å². The molecule has 176 valence electrons. The highest BCUT2D eigenvalue weighted by atomic mass is 16.4. The van der Waals surface area contributed by atoms with Gasteiger partial charge >= 0.3 is 11.9 Å². The zero-order valence-electron chi connectivity index (χ0n) is 18.7. The molecule has 0 spiro atoms. The Balaban J connectivity index is 1.46. The maximum Gasteiger partial charge on any atom is 0.335 e. The fourth-order valence-corrected chi connectivity index (χ4v) is 3.57. The van der Waals surface area contributed by atoms with Gasteiger partial charge in [0, 0.05) is 33.4 Å². The average Bonchev–Trinajstić information content (AvgIpc) is 2.92. The Morgan fingerprint density at radius 2 is 0.444 bits per heavy atom. The number of ketones is 3. The van der Waals surface area contributed by atoms with Gasteiger partial charge in [-0.25, -0.2) is 9.59 Å². The summed E-state index contributed by atoms with van der Waals surface area (Å²) in [6.45, 7) is 0. The molecule has 0 aliphatic rings. The van der Waals surface area contributed by atoms with Crippen LogP contribution in [-0.2, 0) is 0 Å². The highest BCUT2D eigenvalue weighted by Crippen LogP contribution is 2.17. The van der Waals surface area contributed by atoms with Gasteiger partial charge in [0.05, 0.1) is 11.1 Å². The molecule has 4 aromatic rings. The van der Waals surface area contributed by atoms with Crippen molar-refractivity contribution in [1.82, 2.24) is 0 Å². The topological polar surface area (TPSA) is 126 Å². The molecule has 0 unspecified atom stereocenters. The van der Waals surface area contributed by atoms with E-state index in [4.69, 9.17) is 10.2 Å². The molecular formula is C29H18O7. The van der Waals surface area contributed by atoms with E-state index in [1.165, 1.54) is 97.1 Å². The molecule has 0 aliphatic heterocycles. The van der Waals surface area contributed by atoms with Crippen LogP contribution < -0.4 is 0 Å². The van der Waals surface area contributed by atoms with Gasteiger partial charge in [0.25, 0.3) is 0 Å². The normalized spacial score (nSPS) is 10.4. The number of hydrogen-bond acceptors (Lipinski definition) is 5. The first kappa shape index (κ1) is 24.0. The summed E-state index contributed by atoms with van der Waals surface area (Å²) in [7, 11) is 0. The summed E-state index contributed by atoms with van der Waals surface area (Å²) in [5.41, 5.74) is 2.24. The first-order valence-corrected chi connectivity index (χ1v) is 10.8.